The molecule has 1 heterocycles. The van der Waals surface area contributed by atoms with Gasteiger partial charge in [0, 0.05) is 25.2 Å². The summed E-state index contributed by atoms with van der Waals surface area (Å²) in [5, 5.41) is 14.7. The van der Waals surface area contributed by atoms with E-state index in [1.54, 1.807) is 19.2 Å². The Morgan fingerprint density at radius 3 is 2.90 bits per heavy atom. The number of nitrogens with zero attached hydrogens (tertiary/aromatic N) is 2. The van der Waals surface area contributed by atoms with Crippen LogP contribution in [0, 0.1) is 16.0 Å². The summed E-state index contributed by atoms with van der Waals surface area (Å²) in [4.78, 5) is 13.0. The van der Waals surface area contributed by atoms with Gasteiger partial charge >= 0.3 is 0 Å². The monoisotopic (exact) mass is 293 g/mol. The minimum atomic E-state index is -0.323. The third-order valence-electron chi connectivity index (χ3n) is 3.98. The molecule has 21 heavy (non-hydrogen) atoms. The first-order valence-electron chi connectivity index (χ1n) is 7.43. The first kappa shape index (κ1) is 15.6. The van der Waals surface area contributed by atoms with Gasteiger partial charge < -0.3 is 15.0 Å². The van der Waals surface area contributed by atoms with Crippen LogP contribution in [-0.2, 0) is 0 Å². The molecule has 0 saturated carbocycles. The van der Waals surface area contributed by atoms with Crippen molar-refractivity contribution in [3.05, 3.63) is 28.3 Å². The van der Waals surface area contributed by atoms with Gasteiger partial charge in [0.15, 0.2) is 0 Å². The number of rotatable bonds is 6. The fourth-order valence-electron chi connectivity index (χ4n) is 2.83. The number of nitro groups is 1. The first-order valence-corrected chi connectivity index (χ1v) is 7.43. The van der Waals surface area contributed by atoms with Crippen LogP contribution in [0.4, 0.5) is 11.4 Å². The highest BCUT2D eigenvalue weighted by atomic mass is 16.6. The van der Waals surface area contributed by atoms with Crippen molar-refractivity contribution in [3.8, 4) is 5.75 Å². The van der Waals surface area contributed by atoms with E-state index < -0.39 is 0 Å². The molecule has 0 aromatic heterocycles. The maximum atomic E-state index is 11.3. The fraction of sp³-hybridized carbons (Fsp3) is 0.600. The zero-order chi connectivity index (χ0) is 15.2. The Labute approximate surface area is 125 Å². The molecule has 1 atom stereocenters. The van der Waals surface area contributed by atoms with Crippen molar-refractivity contribution in [2.24, 2.45) is 5.92 Å². The molecule has 1 aromatic carbocycles. The van der Waals surface area contributed by atoms with Crippen LogP contribution in [0.1, 0.15) is 19.8 Å². The van der Waals surface area contributed by atoms with E-state index in [0.717, 1.165) is 26.2 Å². The van der Waals surface area contributed by atoms with E-state index >= 15 is 0 Å². The predicted molar refractivity (Wildman–Crippen MR) is 83.1 cm³/mol. The molecule has 6 heteroatoms. The highest BCUT2D eigenvalue weighted by molar-refractivity contribution is 5.65. The third-order valence-corrected chi connectivity index (χ3v) is 3.98. The Hall–Kier alpha value is -1.82. The molecule has 0 radical (unpaired) electrons. The summed E-state index contributed by atoms with van der Waals surface area (Å²) in [6.45, 7) is 5.65. The first-order chi connectivity index (χ1) is 10.2. The van der Waals surface area contributed by atoms with Gasteiger partial charge in [-0.25, -0.2) is 0 Å². The third kappa shape index (κ3) is 3.85. The molecular weight excluding hydrogens is 270 g/mol. The number of methoxy groups -OCH3 is 1. The standard InChI is InChI=1S/C15H23N3O3/c1-3-17(11-12-5-4-8-16-10-12)15-9-13(21-2)6-7-14(15)18(19)20/h6-7,9,12,16H,3-5,8,10-11H2,1-2H3. The van der Waals surface area contributed by atoms with Crippen molar-refractivity contribution in [1.82, 2.24) is 5.32 Å². The number of hydrogen-bond acceptors (Lipinski definition) is 5. The summed E-state index contributed by atoms with van der Waals surface area (Å²) < 4.78 is 5.21. The van der Waals surface area contributed by atoms with Gasteiger partial charge in [0.05, 0.1) is 12.0 Å². The Balaban J connectivity index is 2.24. The molecule has 0 spiro atoms. The van der Waals surface area contributed by atoms with Crippen molar-refractivity contribution in [2.45, 2.75) is 19.8 Å². The molecule has 1 fully saturated rings. The summed E-state index contributed by atoms with van der Waals surface area (Å²) >= 11 is 0. The lowest BCUT2D eigenvalue weighted by molar-refractivity contribution is -0.384. The van der Waals surface area contributed by atoms with Crippen LogP contribution in [-0.4, -0.2) is 38.2 Å². The van der Waals surface area contributed by atoms with E-state index in [9.17, 15) is 10.1 Å². The molecule has 6 nitrogen and oxygen atoms in total. The summed E-state index contributed by atoms with van der Waals surface area (Å²) in [7, 11) is 1.58. The van der Waals surface area contributed by atoms with Crippen molar-refractivity contribution >= 4 is 11.4 Å². The number of benzene rings is 1. The summed E-state index contributed by atoms with van der Waals surface area (Å²) in [5.74, 6) is 1.18. The molecule has 0 amide bonds. The van der Waals surface area contributed by atoms with Crippen LogP contribution in [0.15, 0.2) is 18.2 Å². The quantitative estimate of drug-likeness (QED) is 0.644. The molecule has 1 unspecified atom stereocenters. The van der Waals surface area contributed by atoms with Gasteiger partial charge in [0.2, 0.25) is 0 Å². The highest BCUT2D eigenvalue weighted by Gasteiger charge is 2.23. The second-order valence-electron chi connectivity index (χ2n) is 5.36. The van der Waals surface area contributed by atoms with Gasteiger partial charge in [0.1, 0.15) is 11.4 Å². The molecule has 0 bridgehead atoms. The van der Waals surface area contributed by atoms with Crippen molar-refractivity contribution in [3.63, 3.8) is 0 Å². The van der Waals surface area contributed by atoms with E-state index in [2.05, 4.69) is 10.2 Å². The van der Waals surface area contributed by atoms with Crippen LogP contribution in [0.5, 0.6) is 5.75 Å². The number of nitro benzene ring substituents is 1. The molecule has 1 aliphatic rings. The van der Waals surface area contributed by atoms with E-state index in [4.69, 9.17) is 4.74 Å². The number of anilines is 1. The summed E-state index contributed by atoms with van der Waals surface area (Å²) in [6, 6.07) is 4.92. The molecule has 2 rings (SSSR count). The van der Waals surface area contributed by atoms with Gasteiger partial charge in [-0.15, -0.1) is 0 Å². The summed E-state index contributed by atoms with van der Waals surface area (Å²) in [6.07, 6.45) is 2.34. The van der Waals surface area contributed by atoms with Gasteiger partial charge in [-0.05, 0) is 44.8 Å². The number of hydrogen-bond donors (Lipinski definition) is 1. The second kappa shape index (κ2) is 7.26. The molecule has 1 N–H and O–H groups in total. The molecule has 0 aliphatic carbocycles. The Morgan fingerprint density at radius 1 is 1.52 bits per heavy atom. The lowest BCUT2D eigenvalue weighted by Crippen LogP contribution is -2.38. The molecule has 1 saturated heterocycles. The average molecular weight is 293 g/mol. The SMILES string of the molecule is CCN(CC1CCCNC1)c1cc(OC)ccc1[N+](=O)[O-]. The Morgan fingerprint density at radius 2 is 2.33 bits per heavy atom. The fourth-order valence-corrected chi connectivity index (χ4v) is 2.83. The smallest absolute Gasteiger partial charge is 0.292 e. The Bertz CT molecular complexity index is 487. The topological polar surface area (TPSA) is 67.6 Å². The second-order valence-corrected chi connectivity index (χ2v) is 5.36. The summed E-state index contributed by atoms with van der Waals surface area (Å²) in [5.41, 5.74) is 0.786. The van der Waals surface area contributed by atoms with Crippen molar-refractivity contribution in [1.29, 1.82) is 0 Å². The zero-order valence-corrected chi connectivity index (χ0v) is 12.7. The van der Waals surface area contributed by atoms with Crippen LogP contribution < -0.4 is 15.0 Å². The van der Waals surface area contributed by atoms with Crippen LogP contribution >= 0.6 is 0 Å². The van der Waals surface area contributed by atoms with Gasteiger partial charge in [-0.2, -0.15) is 0 Å². The number of ether oxygens (including phenoxy) is 1. The van der Waals surface area contributed by atoms with Gasteiger partial charge in [0.25, 0.3) is 5.69 Å². The predicted octanol–water partition coefficient (Wildman–Crippen LogP) is 2.43. The van der Waals surface area contributed by atoms with E-state index in [1.165, 1.54) is 18.9 Å². The van der Waals surface area contributed by atoms with E-state index in [1.807, 2.05) is 6.92 Å². The van der Waals surface area contributed by atoms with Crippen LogP contribution in [0.25, 0.3) is 0 Å². The molecule has 1 aromatic rings. The minimum absolute atomic E-state index is 0.140. The lowest BCUT2D eigenvalue weighted by atomic mass is 9.98. The van der Waals surface area contributed by atoms with Crippen molar-refractivity contribution < 1.29 is 9.66 Å². The number of nitrogens with one attached hydrogen (secondary N) is 1. The molecule has 1 aliphatic heterocycles. The zero-order valence-electron chi connectivity index (χ0n) is 12.7. The van der Waals surface area contributed by atoms with E-state index in [0.29, 0.717) is 17.4 Å². The highest BCUT2D eigenvalue weighted by Crippen LogP contribution is 2.33. The number of piperidine rings is 1. The van der Waals surface area contributed by atoms with Crippen molar-refractivity contribution in [2.75, 3.05) is 38.2 Å². The normalized spacial score (nSPS) is 18.3. The molecule has 116 valence electrons. The van der Waals surface area contributed by atoms with Gasteiger partial charge in [-0.1, -0.05) is 0 Å². The van der Waals surface area contributed by atoms with Crippen LogP contribution in [0.2, 0.25) is 0 Å². The Kier molecular flexibility index (Phi) is 5.38. The average Bonchev–Trinajstić information content (AvgIpc) is 2.52. The largest absolute Gasteiger partial charge is 0.497 e. The maximum Gasteiger partial charge on any atom is 0.292 e. The lowest BCUT2D eigenvalue weighted by Gasteiger charge is -2.30. The van der Waals surface area contributed by atoms with Gasteiger partial charge in [-0.3, -0.25) is 10.1 Å². The van der Waals surface area contributed by atoms with E-state index in [-0.39, 0.29) is 10.6 Å². The minimum Gasteiger partial charge on any atom is -0.497 e. The van der Waals surface area contributed by atoms with Crippen LogP contribution in [0.3, 0.4) is 0 Å². The molecular formula is C15H23N3O3. The maximum absolute atomic E-state index is 11.3.